The first kappa shape index (κ1) is 9.08. The van der Waals surface area contributed by atoms with Gasteiger partial charge < -0.3 is 5.73 Å². The van der Waals surface area contributed by atoms with Gasteiger partial charge in [0.25, 0.3) is 5.69 Å². The topological polar surface area (TPSA) is 82.0 Å². The smallest absolute Gasteiger partial charge is 0.287 e. The minimum Gasteiger partial charge on any atom is -0.327 e. The molecule has 2 N–H and O–H groups in total. The molecule has 1 atom stereocenters. The van der Waals surface area contributed by atoms with Crippen molar-refractivity contribution in [3.63, 3.8) is 0 Å². The molecule has 0 saturated carbocycles. The Balaban J connectivity index is 2.37. The fraction of sp³-hybridized carbons (Fsp3) is 0.444. The van der Waals surface area contributed by atoms with E-state index in [0.29, 0.717) is 6.42 Å². The third-order valence-electron chi connectivity index (χ3n) is 2.49. The van der Waals surface area contributed by atoms with Gasteiger partial charge in [0.15, 0.2) is 0 Å². The number of fused-ring (bicyclic) bond motifs is 1. The van der Waals surface area contributed by atoms with Crippen molar-refractivity contribution >= 4 is 5.69 Å². The summed E-state index contributed by atoms with van der Waals surface area (Å²) in [5.41, 5.74) is 7.72. The Morgan fingerprint density at radius 2 is 2.43 bits per heavy atom. The molecule has 0 radical (unpaired) electrons. The summed E-state index contributed by atoms with van der Waals surface area (Å²) in [5.74, 6) is 0. The van der Waals surface area contributed by atoms with Crippen molar-refractivity contribution < 1.29 is 4.92 Å². The Morgan fingerprint density at radius 3 is 3.14 bits per heavy atom. The Hall–Kier alpha value is -1.49. The van der Waals surface area contributed by atoms with Crippen LogP contribution in [0.1, 0.15) is 17.7 Å². The van der Waals surface area contributed by atoms with E-state index >= 15 is 0 Å². The van der Waals surface area contributed by atoms with Crippen LogP contribution in [0.5, 0.6) is 0 Å². The van der Waals surface area contributed by atoms with Crippen molar-refractivity contribution in [1.29, 1.82) is 0 Å². The van der Waals surface area contributed by atoms with Crippen LogP contribution in [0.2, 0.25) is 0 Å². The van der Waals surface area contributed by atoms with Gasteiger partial charge >= 0.3 is 0 Å². The Bertz CT molecular complexity index is 378. The van der Waals surface area contributed by atoms with E-state index in [1.807, 2.05) is 0 Å². The van der Waals surface area contributed by atoms with Crippen LogP contribution in [0.3, 0.4) is 0 Å². The number of aromatic nitrogens is 1. The maximum Gasteiger partial charge on any atom is 0.287 e. The van der Waals surface area contributed by atoms with Gasteiger partial charge in [0.2, 0.25) is 0 Å². The average molecular weight is 193 g/mol. The minimum atomic E-state index is -0.423. The summed E-state index contributed by atoms with van der Waals surface area (Å²) in [5, 5.41) is 10.5. The Kier molecular flexibility index (Phi) is 2.17. The van der Waals surface area contributed by atoms with E-state index in [-0.39, 0.29) is 11.7 Å². The molecule has 0 aromatic carbocycles. The molecule has 1 aromatic heterocycles. The molecule has 0 saturated heterocycles. The van der Waals surface area contributed by atoms with Crippen molar-refractivity contribution in [3.8, 4) is 0 Å². The molecule has 5 nitrogen and oxygen atoms in total. The first-order chi connectivity index (χ1) is 6.66. The summed E-state index contributed by atoms with van der Waals surface area (Å²) >= 11 is 0. The summed E-state index contributed by atoms with van der Waals surface area (Å²) in [6.07, 6.45) is 3.76. The van der Waals surface area contributed by atoms with Crippen molar-refractivity contribution in [1.82, 2.24) is 4.98 Å². The highest BCUT2D eigenvalue weighted by molar-refractivity contribution is 5.36. The SMILES string of the molecule is N[C@H]1CCc2ncc([N+](=O)[O-])cc2C1. The van der Waals surface area contributed by atoms with E-state index in [1.165, 1.54) is 6.20 Å². The molecule has 74 valence electrons. The normalized spacial score (nSPS) is 20.2. The number of nitrogens with zero attached hydrogens (tertiary/aromatic N) is 2. The molecule has 0 fully saturated rings. The van der Waals surface area contributed by atoms with Gasteiger partial charge in [-0.05, 0) is 24.8 Å². The zero-order valence-corrected chi connectivity index (χ0v) is 7.64. The molecule has 2 rings (SSSR count). The monoisotopic (exact) mass is 193 g/mol. The third-order valence-corrected chi connectivity index (χ3v) is 2.49. The molecule has 1 heterocycles. The second-order valence-electron chi connectivity index (χ2n) is 3.56. The molecule has 1 aliphatic rings. The van der Waals surface area contributed by atoms with Gasteiger partial charge in [-0.1, -0.05) is 0 Å². The molecule has 5 heteroatoms. The van der Waals surface area contributed by atoms with E-state index in [2.05, 4.69) is 4.98 Å². The van der Waals surface area contributed by atoms with Crippen LogP contribution >= 0.6 is 0 Å². The van der Waals surface area contributed by atoms with Crippen LogP contribution in [0.15, 0.2) is 12.3 Å². The van der Waals surface area contributed by atoms with E-state index in [0.717, 1.165) is 24.1 Å². The second kappa shape index (κ2) is 3.34. The van der Waals surface area contributed by atoms with E-state index in [1.54, 1.807) is 6.07 Å². The number of hydrogen-bond donors (Lipinski definition) is 1. The van der Waals surface area contributed by atoms with E-state index < -0.39 is 4.92 Å². The number of nitrogens with two attached hydrogens (primary N) is 1. The van der Waals surface area contributed by atoms with Gasteiger partial charge in [-0.25, -0.2) is 0 Å². The van der Waals surface area contributed by atoms with Crippen molar-refractivity contribution in [2.75, 3.05) is 0 Å². The number of pyridine rings is 1. The lowest BCUT2D eigenvalue weighted by Gasteiger charge is -2.19. The first-order valence-electron chi connectivity index (χ1n) is 4.54. The molecule has 0 bridgehead atoms. The van der Waals surface area contributed by atoms with Crippen LogP contribution in [-0.2, 0) is 12.8 Å². The van der Waals surface area contributed by atoms with E-state index in [4.69, 9.17) is 5.73 Å². The highest BCUT2D eigenvalue weighted by Crippen LogP contribution is 2.22. The molecule has 14 heavy (non-hydrogen) atoms. The molecular weight excluding hydrogens is 182 g/mol. The highest BCUT2D eigenvalue weighted by atomic mass is 16.6. The fourth-order valence-electron chi connectivity index (χ4n) is 1.73. The van der Waals surface area contributed by atoms with Gasteiger partial charge in [-0.2, -0.15) is 0 Å². The number of hydrogen-bond acceptors (Lipinski definition) is 4. The lowest BCUT2D eigenvalue weighted by atomic mass is 9.92. The summed E-state index contributed by atoms with van der Waals surface area (Å²) in [6, 6.07) is 1.70. The average Bonchev–Trinajstić information content (AvgIpc) is 2.16. The van der Waals surface area contributed by atoms with E-state index in [9.17, 15) is 10.1 Å². The first-order valence-corrected chi connectivity index (χ1v) is 4.54. The third kappa shape index (κ3) is 1.58. The van der Waals surface area contributed by atoms with Crippen molar-refractivity contribution in [2.24, 2.45) is 5.73 Å². The lowest BCUT2D eigenvalue weighted by Crippen LogP contribution is -2.28. The Morgan fingerprint density at radius 1 is 1.64 bits per heavy atom. The summed E-state index contributed by atoms with van der Waals surface area (Å²) in [6.45, 7) is 0. The number of rotatable bonds is 1. The highest BCUT2D eigenvalue weighted by Gasteiger charge is 2.19. The minimum absolute atomic E-state index is 0.0536. The standard InChI is InChI=1S/C9H11N3O2/c10-7-1-2-9-6(3-7)4-8(5-11-9)12(13)14/h4-5,7H,1-3,10H2/t7-/m0/s1. The van der Waals surface area contributed by atoms with Gasteiger partial charge in [0.1, 0.15) is 6.20 Å². The molecule has 0 spiro atoms. The van der Waals surface area contributed by atoms with Gasteiger partial charge in [0.05, 0.1) is 4.92 Å². The number of aryl methyl sites for hydroxylation is 1. The molecule has 0 aliphatic heterocycles. The summed E-state index contributed by atoms with van der Waals surface area (Å²) in [4.78, 5) is 14.2. The van der Waals surface area contributed by atoms with Crippen LogP contribution in [-0.4, -0.2) is 15.9 Å². The fourth-order valence-corrected chi connectivity index (χ4v) is 1.73. The van der Waals surface area contributed by atoms with Crippen LogP contribution < -0.4 is 5.73 Å². The second-order valence-corrected chi connectivity index (χ2v) is 3.56. The van der Waals surface area contributed by atoms with Crippen LogP contribution in [0.4, 0.5) is 5.69 Å². The van der Waals surface area contributed by atoms with Gasteiger partial charge in [0, 0.05) is 17.8 Å². The van der Waals surface area contributed by atoms with Gasteiger partial charge in [-0.3, -0.25) is 15.1 Å². The lowest BCUT2D eigenvalue weighted by molar-refractivity contribution is -0.385. The Labute approximate surface area is 81.1 Å². The summed E-state index contributed by atoms with van der Waals surface area (Å²) < 4.78 is 0. The zero-order chi connectivity index (χ0) is 10.1. The molecular formula is C9H11N3O2. The number of nitro groups is 1. The maximum absolute atomic E-state index is 10.5. The van der Waals surface area contributed by atoms with Crippen LogP contribution in [0.25, 0.3) is 0 Å². The molecule has 1 aromatic rings. The van der Waals surface area contributed by atoms with Crippen molar-refractivity contribution in [2.45, 2.75) is 25.3 Å². The summed E-state index contributed by atoms with van der Waals surface area (Å²) in [7, 11) is 0. The molecule has 0 unspecified atom stereocenters. The molecule has 0 amide bonds. The molecule has 1 aliphatic carbocycles. The zero-order valence-electron chi connectivity index (χ0n) is 7.64. The predicted octanol–water partition coefficient (Wildman–Crippen LogP) is 0.806. The van der Waals surface area contributed by atoms with Gasteiger partial charge in [-0.15, -0.1) is 0 Å². The van der Waals surface area contributed by atoms with Crippen molar-refractivity contribution in [3.05, 3.63) is 33.6 Å². The quantitative estimate of drug-likeness (QED) is 0.528. The maximum atomic E-state index is 10.5. The largest absolute Gasteiger partial charge is 0.327 e. The van der Waals surface area contributed by atoms with Crippen LogP contribution in [0, 0.1) is 10.1 Å². The predicted molar refractivity (Wildman–Crippen MR) is 50.9 cm³/mol.